The van der Waals surface area contributed by atoms with Gasteiger partial charge in [-0.15, -0.1) is 0 Å². The first kappa shape index (κ1) is 12.9. The molecule has 0 aromatic heterocycles. The third kappa shape index (κ3) is 2.48. The molecule has 5 heteroatoms. The molecule has 0 aliphatic heterocycles. The van der Waals surface area contributed by atoms with Gasteiger partial charge in [0, 0.05) is 6.04 Å². The third-order valence-corrected chi connectivity index (χ3v) is 4.05. The van der Waals surface area contributed by atoms with Gasteiger partial charge in [-0.3, -0.25) is 5.32 Å². The second kappa shape index (κ2) is 4.20. The quantitative estimate of drug-likeness (QED) is 0.819. The lowest BCUT2D eigenvalue weighted by Gasteiger charge is -2.28. The van der Waals surface area contributed by atoms with Gasteiger partial charge in [-0.1, -0.05) is 12.1 Å². The second-order valence-corrected chi connectivity index (χ2v) is 5.59. The van der Waals surface area contributed by atoms with Crippen molar-refractivity contribution in [3.05, 3.63) is 35.6 Å². The summed E-state index contributed by atoms with van der Waals surface area (Å²) in [6, 6.07) is 5.46. The summed E-state index contributed by atoms with van der Waals surface area (Å²) >= 11 is 0. The van der Waals surface area contributed by atoms with E-state index in [2.05, 4.69) is 5.32 Å². The Bertz CT molecular complexity index is 457. The number of hydrogen-bond acceptors (Lipinski definition) is 1. The van der Waals surface area contributed by atoms with Gasteiger partial charge in [0.25, 0.3) is 0 Å². The highest BCUT2D eigenvalue weighted by atomic mass is 19.4. The first-order valence-electron chi connectivity index (χ1n) is 6.51. The molecule has 1 N–H and O–H groups in total. The lowest BCUT2D eigenvalue weighted by molar-refractivity contribution is -0.168. The van der Waals surface area contributed by atoms with Gasteiger partial charge < -0.3 is 0 Å². The summed E-state index contributed by atoms with van der Waals surface area (Å²) in [6.45, 7) is 0. The molecule has 0 saturated heterocycles. The van der Waals surface area contributed by atoms with E-state index in [1.54, 1.807) is 12.1 Å². The van der Waals surface area contributed by atoms with Crippen molar-refractivity contribution in [2.45, 2.75) is 43.4 Å². The Labute approximate surface area is 109 Å². The number of alkyl halides is 3. The van der Waals surface area contributed by atoms with Crippen molar-refractivity contribution in [1.29, 1.82) is 0 Å². The van der Waals surface area contributed by atoms with Crippen LogP contribution in [0.2, 0.25) is 0 Å². The van der Waals surface area contributed by atoms with E-state index in [-0.39, 0.29) is 30.6 Å². The molecule has 1 atom stereocenters. The lowest BCUT2D eigenvalue weighted by atomic mass is 10.0. The van der Waals surface area contributed by atoms with Crippen LogP contribution in [-0.2, 0) is 0 Å². The Kier molecular flexibility index (Phi) is 2.85. The van der Waals surface area contributed by atoms with E-state index in [9.17, 15) is 17.6 Å². The second-order valence-electron chi connectivity index (χ2n) is 5.59. The summed E-state index contributed by atoms with van der Waals surface area (Å²) in [7, 11) is 0. The van der Waals surface area contributed by atoms with E-state index in [0.717, 1.165) is 18.4 Å². The van der Waals surface area contributed by atoms with Crippen molar-refractivity contribution < 1.29 is 17.6 Å². The molecular formula is C14H15F4N. The molecule has 2 aliphatic rings. The van der Waals surface area contributed by atoms with Gasteiger partial charge >= 0.3 is 6.18 Å². The van der Waals surface area contributed by atoms with Crippen LogP contribution in [0, 0.1) is 11.7 Å². The number of hydrogen-bond donors (Lipinski definition) is 1. The van der Waals surface area contributed by atoms with Crippen LogP contribution in [0.15, 0.2) is 24.3 Å². The Balaban J connectivity index is 1.81. The predicted molar refractivity (Wildman–Crippen MR) is 63.0 cm³/mol. The molecule has 0 bridgehead atoms. The number of benzene rings is 1. The minimum absolute atomic E-state index is 0.140. The SMILES string of the molecule is Fc1ccc(C(NC2(C(F)(F)F)CC2)C2CC2)cc1. The Morgan fingerprint density at radius 3 is 2.11 bits per heavy atom. The maximum Gasteiger partial charge on any atom is 0.406 e. The molecule has 1 aromatic rings. The Morgan fingerprint density at radius 1 is 1.11 bits per heavy atom. The first-order valence-corrected chi connectivity index (χ1v) is 6.51. The largest absolute Gasteiger partial charge is 0.406 e. The van der Waals surface area contributed by atoms with Crippen molar-refractivity contribution >= 4 is 0 Å². The van der Waals surface area contributed by atoms with Crippen molar-refractivity contribution in [2.24, 2.45) is 5.92 Å². The molecule has 2 fully saturated rings. The fourth-order valence-electron chi connectivity index (χ4n) is 2.51. The van der Waals surface area contributed by atoms with Crippen LogP contribution in [-0.4, -0.2) is 11.7 Å². The van der Waals surface area contributed by atoms with E-state index in [4.69, 9.17) is 0 Å². The standard InChI is InChI=1S/C14H15F4N/c15-11-5-3-10(4-6-11)12(9-1-2-9)19-13(7-8-13)14(16,17)18/h3-6,9,12,19H,1-2,7-8H2. The van der Waals surface area contributed by atoms with Gasteiger partial charge in [0.1, 0.15) is 11.4 Å². The van der Waals surface area contributed by atoms with Crippen molar-refractivity contribution in [1.82, 2.24) is 5.32 Å². The average molecular weight is 273 g/mol. The van der Waals surface area contributed by atoms with Crippen molar-refractivity contribution in [3.63, 3.8) is 0 Å². The molecule has 0 amide bonds. The minimum Gasteiger partial charge on any atom is -0.296 e. The highest BCUT2D eigenvalue weighted by Crippen LogP contribution is 2.52. The summed E-state index contributed by atoms with van der Waals surface area (Å²) < 4.78 is 51.9. The number of halogens is 4. The van der Waals surface area contributed by atoms with Crippen LogP contribution in [0.5, 0.6) is 0 Å². The zero-order valence-corrected chi connectivity index (χ0v) is 10.3. The van der Waals surface area contributed by atoms with Gasteiger partial charge in [-0.2, -0.15) is 13.2 Å². The van der Waals surface area contributed by atoms with Crippen molar-refractivity contribution in [3.8, 4) is 0 Å². The maximum atomic E-state index is 13.0. The molecule has 19 heavy (non-hydrogen) atoms. The fraction of sp³-hybridized carbons (Fsp3) is 0.571. The highest BCUT2D eigenvalue weighted by Gasteiger charge is 2.64. The monoisotopic (exact) mass is 273 g/mol. The zero-order chi connectivity index (χ0) is 13.7. The van der Waals surface area contributed by atoms with Crippen molar-refractivity contribution in [2.75, 3.05) is 0 Å². The zero-order valence-electron chi connectivity index (χ0n) is 10.3. The Hall–Kier alpha value is -1.10. The Morgan fingerprint density at radius 2 is 1.68 bits per heavy atom. The van der Waals surface area contributed by atoms with Crippen LogP contribution in [0.25, 0.3) is 0 Å². The van der Waals surface area contributed by atoms with E-state index < -0.39 is 11.7 Å². The van der Waals surface area contributed by atoms with Crippen LogP contribution in [0.3, 0.4) is 0 Å². The fourth-order valence-corrected chi connectivity index (χ4v) is 2.51. The van der Waals surface area contributed by atoms with E-state index in [1.165, 1.54) is 12.1 Å². The van der Waals surface area contributed by atoms with E-state index in [0.29, 0.717) is 0 Å². The number of rotatable bonds is 4. The molecule has 1 unspecified atom stereocenters. The van der Waals surface area contributed by atoms with E-state index in [1.807, 2.05) is 0 Å². The maximum absolute atomic E-state index is 13.0. The highest BCUT2D eigenvalue weighted by molar-refractivity contribution is 5.24. The van der Waals surface area contributed by atoms with Gasteiger partial charge in [-0.05, 0) is 49.3 Å². The lowest BCUT2D eigenvalue weighted by Crippen LogP contribution is -2.47. The van der Waals surface area contributed by atoms with Gasteiger partial charge in [0.15, 0.2) is 0 Å². The molecule has 0 radical (unpaired) electrons. The smallest absolute Gasteiger partial charge is 0.296 e. The van der Waals surface area contributed by atoms with Crippen LogP contribution >= 0.6 is 0 Å². The first-order chi connectivity index (χ1) is 8.91. The van der Waals surface area contributed by atoms with E-state index >= 15 is 0 Å². The van der Waals surface area contributed by atoms with Crippen LogP contribution in [0.4, 0.5) is 17.6 Å². The molecular weight excluding hydrogens is 258 g/mol. The molecule has 0 spiro atoms. The van der Waals surface area contributed by atoms with Crippen LogP contribution in [0.1, 0.15) is 37.3 Å². The molecule has 1 nitrogen and oxygen atoms in total. The molecule has 1 aromatic carbocycles. The predicted octanol–water partition coefficient (Wildman–Crippen LogP) is 3.96. The number of nitrogens with one attached hydrogen (secondary N) is 1. The summed E-state index contributed by atoms with van der Waals surface area (Å²) in [5, 5.41) is 2.79. The minimum atomic E-state index is -4.21. The summed E-state index contributed by atoms with van der Waals surface area (Å²) in [6.07, 6.45) is -2.06. The van der Waals surface area contributed by atoms with Gasteiger partial charge in [-0.25, -0.2) is 4.39 Å². The van der Waals surface area contributed by atoms with Crippen LogP contribution < -0.4 is 5.32 Å². The molecule has 104 valence electrons. The third-order valence-electron chi connectivity index (χ3n) is 4.05. The summed E-state index contributed by atoms with van der Waals surface area (Å²) in [5.41, 5.74) is -0.964. The average Bonchev–Trinajstić information content (AvgIpc) is 3.20. The normalized spacial score (nSPS) is 23.2. The molecule has 2 aliphatic carbocycles. The molecule has 0 heterocycles. The topological polar surface area (TPSA) is 12.0 Å². The van der Waals surface area contributed by atoms with Gasteiger partial charge in [0.2, 0.25) is 0 Å². The summed E-state index contributed by atoms with van der Waals surface area (Å²) in [5.74, 6) is -0.125. The molecule has 2 saturated carbocycles. The molecule has 3 rings (SSSR count). The van der Waals surface area contributed by atoms with Gasteiger partial charge in [0.05, 0.1) is 0 Å². The summed E-state index contributed by atoms with van der Waals surface area (Å²) in [4.78, 5) is 0.